The van der Waals surface area contributed by atoms with E-state index in [1.807, 2.05) is 19.1 Å². The summed E-state index contributed by atoms with van der Waals surface area (Å²) in [6, 6.07) is 9.28. The first kappa shape index (κ1) is 20.7. The average molecular weight is 520 g/mol. The van der Waals surface area contributed by atoms with Gasteiger partial charge in [-0.1, -0.05) is 0 Å². The number of nitrogens with zero attached hydrogens (tertiary/aromatic N) is 3. The van der Waals surface area contributed by atoms with Crippen molar-refractivity contribution in [1.29, 1.82) is 0 Å². The van der Waals surface area contributed by atoms with E-state index in [2.05, 4.69) is 30.8 Å². The van der Waals surface area contributed by atoms with E-state index in [4.69, 9.17) is 10.1 Å². The third kappa shape index (κ3) is 4.04. The Morgan fingerprint density at radius 1 is 1.24 bits per heavy atom. The third-order valence-electron chi connectivity index (χ3n) is 5.54. The molecule has 1 N–H and O–H groups in total. The Morgan fingerprint density at radius 3 is 2.59 bits per heavy atom. The molecular formula is C21H24FN3O2SSn. The molecule has 29 heavy (non-hydrogen) atoms. The van der Waals surface area contributed by atoms with Gasteiger partial charge in [0.2, 0.25) is 0 Å². The zero-order valence-corrected chi connectivity index (χ0v) is 20.6. The standard InChI is InChI=1S/C18H15FN3O2S.3CH3.Sn/c1-10(22-8-12(9-22)18(23)24)11-4-5-13(14(19)7-11)16-21-15-3-2-6-20-17(15)25-16;;;;/h2-5,7,10,12H,8-9H2,1H3,(H,23,24);3*1H3;. The van der Waals surface area contributed by atoms with Gasteiger partial charge in [-0.15, -0.1) is 0 Å². The van der Waals surface area contributed by atoms with Crippen LogP contribution in [0.15, 0.2) is 30.3 Å². The molecule has 8 heteroatoms. The number of benzene rings is 1. The molecule has 1 aromatic carbocycles. The number of hydrogen-bond acceptors (Lipinski definition) is 5. The van der Waals surface area contributed by atoms with Crippen molar-refractivity contribution >= 4 is 49.7 Å². The molecule has 5 nitrogen and oxygen atoms in total. The number of halogens is 1. The topological polar surface area (TPSA) is 66.3 Å². The van der Waals surface area contributed by atoms with Crippen LogP contribution in [0.3, 0.4) is 0 Å². The summed E-state index contributed by atoms with van der Waals surface area (Å²) < 4.78 is 16.1. The number of hydrogen-bond donors (Lipinski definition) is 1. The van der Waals surface area contributed by atoms with Gasteiger partial charge in [-0.3, -0.25) is 4.79 Å². The van der Waals surface area contributed by atoms with E-state index >= 15 is 0 Å². The Morgan fingerprint density at radius 2 is 1.97 bits per heavy atom. The fraction of sp³-hybridized carbons (Fsp3) is 0.381. The average Bonchev–Trinajstić information content (AvgIpc) is 3.01. The number of thiazole rings is 1. The van der Waals surface area contributed by atoms with E-state index in [-0.39, 0.29) is 17.8 Å². The minimum absolute atomic E-state index is 0.0203. The predicted molar refractivity (Wildman–Crippen MR) is 117 cm³/mol. The molecular weight excluding hydrogens is 496 g/mol. The normalized spacial score (nSPS) is 16.7. The van der Waals surface area contributed by atoms with Gasteiger partial charge in [-0.05, 0) is 0 Å². The second-order valence-electron chi connectivity index (χ2n) is 8.69. The Hall–Kier alpha value is -1.58. The first-order valence-corrected chi connectivity index (χ1v) is 20.5. The van der Waals surface area contributed by atoms with E-state index in [0.717, 1.165) is 15.9 Å². The van der Waals surface area contributed by atoms with Crippen molar-refractivity contribution in [3.8, 4) is 10.6 Å². The van der Waals surface area contributed by atoms with Crippen molar-refractivity contribution in [2.75, 3.05) is 13.1 Å². The van der Waals surface area contributed by atoms with Crippen molar-refractivity contribution in [1.82, 2.24) is 14.9 Å². The van der Waals surface area contributed by atoms with E-state index < -0.39 is 24.3 Å². The summed E-state index contributed by atoms with van der Waals surface area (Å²) in [5, 5.41) is 9.68. The van der Waals surface area contributed by atoms with Gasteiger partial charge in [-0.2, -0.15) is 0 Å². The Bertz CT molecular complexity index is 1090. The second kappa shape index (κ2) is 7.59. The number of aromatic nitrogens is 2. The fourth-order valence-corrected chi connectivity index (χ4v) is 7.65. The van der Waals surface area contributed by atoms with E-state index in [9.17, 15) is 9.18 Å². The molecule has 1 aliphatic rings. The summed E-state index contributed by atoms with van der Waals surface area (Å²) in [5.41, 5.74) is 2.14. The molecule has 0 spiro atoms. The van der Waals surface area contributed by atoms with Crippen molar-refractivity contribution in [2.24, 2.45) is 5.92 Å². The molecule has 1 unspecified atom stereocenters. The van der Waals surface area contributed by atoms with Crippen LogP contribution < -0.4 is 3.71 Å². The quantitative estimate of drug-likeness (QED) is 0.513. The number of rotatable bonds is 5. The number of fused-ring (bicyclic) bond motifs is 1. The smallest absolute Gasteiger partial charge is 0.481 e. The SMILES string of the molecule is CC(c1ccc(-c2nc3cc[c]([Sn]([CH3])([CH3])[CH3])nc3s2)c(F)c1)N1CC(C(=O)O)C1. The van der Waals surface area contributed by atoms with Gasteiger partial charge in [-0.25, -0.2) is 0 Å². The summed E-state index contributed by atoms with van der Waals surface area (Å²) in [6.45, 7) is 2.99. The van der Waals surface area contributed by atoms with Crippen molar-refractivity contribution < 1.29 is 14.3 Å². The van der Waals surface area contributed by atoms with Gasteiger partial charge >= 0.3 is 162 Å². The molecule has 3 aromatic rings. The van der Waals surface area contributed by atoms with Crippen LogP contribution in [0.1, 0.15) is 18.5 Å². The summed E-state index contributed by atoms with van der Waals surface area (Å²) in [7, 11) is 0. The van der Waals surface area contributed by atoms with E-state index in [1.165, 1.54) is 15.0 Å². The molecule has 3 heterocycles. The zero-order valence-electron chi connectivity index (χ0n) is 16.9. The monoisotopic (exact) mass is 521 g/mol. The molecule has 0 radical (unpaired) electrons. The zero-order chi connectivity index (χ0) is 20.9. The maximum absolute atomic E-state index is 14.9. The molecule has 0 aliphatic carbocycles. The van der Waals surface area contributed by atoms with Crippen molar-refractivity contribution in [3.05, 3.63) is 41.7 Å². The van der Waals surface area contributed by atoms with Crippen molar-refractivity contribution in [3.63, 3.8) is 0 Å². The minimum Gasteiger partial charge on any atom is -0.481 e. The number of carbonyl (C=O) groups is 1. The van der Waals surface area contributed by atoms with Gasteiger partial charge < -0.3 is 5.11 Å². The van der Waals surface area contributed by atoms with Gasteiger partial charge in [0.25, 0.3) is 0 Å². The van der Waals surface area contributed by atoms with Crippen LogP contribution in [0.5, 0.6) is 0 Å². The van der Waals surface area contributed by atoms with Crippen molar-refractivity contribution in [2.45, 2.75) is 27.8 Å². The van der Waals surface area contributed by atoms with E-state index in [0.29, 0.717) is 23.7 Å². The maximum atomic E-state index is 14.9. The summed E-state index contributed by atoms with van der Waals surface area (Å²) in [5.74, 6) is -1.39. The van der Waals surface area contributed by atoms with Crippen LogP contribution in [0.2, 0.25) is 14.8 Å². The Labute approximate surface area is 177 Å². The minimum atomic E-state index is -2.27. The molecule has 0 saturated carbocycles. The van der Waals surface area contributed by atoms with Gasteiger partial charge in [0.1, 0.15) is 0 Å². The predicted octanol–water partition coefficient (Wildman–Crippen LogP) is 4.12. The molecule has 1 aliphatic heterocycles. The summed E-state index contributed by atoms with van der Waals surface area (Å²) in [4.78, 5) is 30.3. The fourth-order valence-electron chi connectivity index (χ4n) is 3.51. The second-order valence-corrected chi connectivity index (χ2v) is 24.0. The molecule has 152 valence electrons. The van der Waals surface area contributed by atoms with Gasteiger partial charge in [0.15, 0.2) is 0 Å². The van der Waals surface area contributed by atoms with Crippen LogP contribution in [0.25, 0.3) is 20.9 Å². The summed E-state index contributed by atoms with van der Waals surface area (Å²) in [6.07, 6.45) is 0. The number of aliphatic carboxylic acids is 1. The van der Waals surface area contributed by atoms with Crippen LogP contribution in [0, 0.1) is 11.7 Å². The van der Waals surface area contributed by atoms with E-state index in [1.54, 1.807) is 12.1 Å². The van der Waals surface area contributed by atoms with Gasteiger partial charge in [0, 0.05) is 0 Å². The Balaban J connectivity index is 1.59. The Kier molecular flexibility index (Phi) is 5.41. The first-order valence-electron chi connectivity index (χ1n) is 9.68. The molecule has 1 saturated heterocycles. The van der Waals surface area contributed by atoms with Crippen LogP contribution in [-0.2, 0) is 4.79 Å². The number of pyridine rings is 1. The number of likely N-dealkylation sites (tertiary alicyclic amines) is 1. The number of carboxylic acid groups (broad SMARTS) is 1. The molecule has 1 atom stereocenters. The molecule has 1 fully saturated rings. The van der Waals surface area contributed by atoms with Gasteiger partial charge in [0.05, 0.1) is 5.92 Å². The van der Waals surface area contributed by atoms with Crippen LogP contribution >= 0.6 is 11.3 Å². The molecule has 0 bridgehead atoms. The molecule has 2 aromatic heterocycles. The molecule has 4 rings (SSSR count). The molecule has 0 amide bonds. The van der Waals surface area contributed by atoms with Crippen LogP contribution in [0.4, 0.5) is 4.39 Å². The third-order valence-corrected chi connectivity index (χ3v) is 11.7. The summed E-state index contributed by atoms with van der Waals surface area (Å²) >= 11 is -0.839. The first-order chi connectivity index (χ1) is 13.6. The number of carboxylic acids is 1. The van der Waals surface area contributed by atoms with Crippen LogP contribution in [-0.4, -0.2) is 57.4 Å².